The van der Waals surface area contributed by atoms with E-state index in [1.165, 1.54) is 30.3 Å². The lowest BCUT2D eigenvalue weighted by Crippen LogP contribution is -2.05. The standard InChI is InChI=1S/C11H10N4O4/c1-2-19-11(16)10(13-14-12)7-8-3-5-9(6-4-8)15(17)18/h3-7H,2H2,1H3. The number of rotatable bonds is 5. The summed E-state index contributed by atoms with van der Waals surface area (Å²) in [4.78, 5) is 23.9. The highest BCUT2D eigenvalue weighted by molar-refractivity contribution is 5.93. The van der Waals surface area contributed by atoms with Crippen molar-refractivity contribution < 1.29 is 14.5 Å². The van der Waals surface area contributed by atoms with Crippen molar-refractivity contribution in [2.24, 2.45) is 5.11 Å². The summed E-state index contributed by atoms with van der Waals surface area (Å²) in [6.07, 6.45) is 1.29. The minimum atomic E-state index is -0.751. The molecule has 0 aliphatic rings. The summed E-state index contributed by atoms with van der Waals surface area (Å²) in [5.41, 5.74) is 8.58. The van der Waals surface area contributed by atoms with Gasteiger partial charge in [0.15, 0.2) is 0 Å². The van der Waals surface area contributed by atoms with E-state index in [1.807, 2.05) is 0 Å². The van der Waals surface area contributed by atoms with Crippen molar-refractivity contribution in [3.05, 3.63) is 56.1 Å². The van der Waals surface area contributed by atoms with E-state index in [4.69, 9.17) is 10.3 Å². The van der Waals surface area contributed by atoms with Gasteiger partial charge in [-0.3, -0.25) is 10.1 Å². The molecule has 1 rings (SSSR count). The second-order valence-corrected chi connectivity index (χ2v) is 3.29. The summed E-state index contributed by atoms with van der Waals surface area (Å²) in [5, 5.41) is 13.7. The highest BCUT2D eigenvalue weighted by atomic mass is 16.6. The number of nitro benzene ring substituents is 1. The van der Waals surface area contributed by atoms with Crippen molar-refractivity contribution in [2.75, 3.05) is 6.61 Å². The van der Waals surface area contributed by atoms with Crippen LogP contribution in [0.4, 0.5) is 5.69 Å². The van der Waals surface area contributed by atoms with Crippen molar-refractivity contribution >= 4 is 17.7 Å². The summed E-state index contributed by atoms with van der Waals surface area (Å²) in [6, 6.07) is 5.43. The fourth-order valence-electron chi connectivity index (χ4n) is 1.23. The topological polar surface area (TPSA) is 118 Å². The van der Waals surface area contributed by atoms with E-state index >= 15 is 0 Å². The van der Waals surface area contributed by atoms with Gasteiger partial charge in [0, 0.05) is 17.0 Å². The van der Waals surface area contributed by atoms with Gasteiger partial charge in [0.05, 0.1) is 11.5 Å². The molecule has 1 aromatic rings. The Kier molecular flexibility index (Phi) is 5.06. The van der Waals surface area contributed by atoms with Crippen molar-refractivity contribution in [3.8, 4) is 0 Å². The first-order valence-corrected chi connectivity index (χ1v) is 5.27. The van der Waals surface area contributed by atoms with Crippen LogP contribution >= 0.6 is 0 Å². The molecule has 0 saturated heterocycles. The van der Waals surface area contributed by atoms with E-state index in [-0.39, 0.29) is 18.0 Å². The van der Waals surface area contributed by atoms with E-state index in [2.05, 4.69) is 10.0 Å². The molecular formula is C11H10N4O4. The van der Waals surface area contributed by atoms with E-state index < -0.39 is 10.9 Å². The first-order chi connectivity index (χ1) is 9.08. The number of esters is 1. The summed E-state index contributed by atoms with van der Waals surface area (Å²) in [7, 11) is 0. The Morgan fingerprint density at radius 3 is 2.63 bits per heavy atom. The summed E-state index contributed by atoms with van der Waals surface area (Å²) in [6.45, 7) is 1.77. The fourth-order valence-corrected chi connectivity index (χ4v) is 1.23. The summed E-state index contributed by atoms with van der Waals surface area (Å²) >= 11 is 0. The monoisotopic (exact) mass is 262 g/mol. The molecule has 19 heavy (non-hydrogen) atoms. The van der Waals surface area contributed by atoms with Crippen LogP contribution in [0.5, 0.6) is 0 Å². The van der Waals surface area contributed by atoms with Gasteiger partial charge in [0.25, 0.3) is 5.69 Å². The van der Waals surface area contributed by atoms with Crippen LogP contribution < -0.4 is 0 Å². The number of ether oxygens (including phenoxy) is 1. The number of hydrogen-bond donors (Lipinski definition) is 0. The normalized spacial score (nSPS) is 10.5. The molecule has 0 atom stereocenters. The van der Waals surface area contributed by atoms with Gasteiger partial charge >= 0.3 is 5.97 Å². The quantitative estimate of drug-likeness (QED) is 0.154. The minimum absolute atomic E-state index is 0.0707. The van der Waals surface area contributed by atoms with Crippen LogP contribution in [-0.2, 0) is 9.53 Å². The highest BCUT2D eigenvalue weighted by Crippen LogP contribution is 2.15. The fraction of sp³-hybridized carbons (Fsp3) is 0.182. The van der Waals surface area contributed by atoms with Crippen LogP contribution in [0.25, 0.3) is 16.5 Å². The lowest BCUT2D eigenvalue weighted by atomic mass is 10.2. The summed E-state index contributed by atoms with van der Waals surface area (Å²) < 4.78 is 4.71. The first kappa shape index (κ1) is 14.2. The Labute approximate surface area is 108 Å². The molecule has 0 saturated carbocycles. The Morgan fingerprint density at radius 2 is 2.16 bits per heavy atom. The van der Waals surface area contributed by atoms with Crippen molar-refractivity contribution in [2.45, 2.75) is 6.92 Å². The van der Waals surface area contributed by atoms with Crippen LogP contribution in [-0.4, -0.2) is 17.5 Å². The predicted molar refractivity (Wildman–Crippen MR) is 66.9 cm³/mol. The smallest absolute Gasteiger partial charge is 0.340 e. The van der Waals surface area contributed by atoms with Crippen molar-refractivity contribution in [1.82, 2.24) is 0 Å². The lowest BCUT2D eigenvalue weighted by molar-refractivity contribution is -0.384. The number of non-ortho nitro benzene ring substituents is 1. The predicted octanol–water partition coefficient (Wildman–Crippen LogP) is 2.81. The number of carbonyl (C=O) groups is 1. The van der Waals surface area contributed by atoms with Crippen molar-refractivity contribution in [1.29, 1.82) is 0 Å². The van der Waals surface area contributed by atoms with Crippen LogP contribution in [0.1, 0.15) is 12.5 Å². The second kappa shape index (κ2) is 6.77. The van der Waals surface area contributed by atoms with Gasteiger partial charge in [0.1, 0.15) is 5.70 Å². The van der Waals surface area contributed by atoms with E-state index in [9.17, 15) is 14.9 Å². The molecule has 0 radical (unpaired) electrons. The van der Waals surface area contributed by atoms with Gasteiger partial charge in [-0.2, -0.15) is 0 Å². The molecule has 0 unspecified atom stereocenters. The zero-order valence-electron chi connectivity index (χ0n) is 10.0. The summed E-state index contributed by atoms with van der Waals surface area (Å²) in [5.74, 6) is -0.751. The minimum Gasteiger partial charge on any atom is -0.462 e. The van der Waals surface area contributed by atoms with E-state index in [1.54, 1.807) is 6.92 Å². The Hall–Kier alpha value is -2.86. The third-order valence-corrected chi connectivity index (χ3v) is 2.04. The maximum absolute atomic E-state index is 11.4. The zero-order valence-corrected chi connectivity index (χ0v) is 10.0. The molecule has 0 heterocycles. The van der Waals surface area contributed by atoms with Gasteiger partial charge in [-0.25, -0.2) is 4.79 Å². The van der Waals surface area contributed by atoms with Gasteiger partial charge < -0.3 is 4.74 Å². The Morgan fingerprint density at radius 1 is 1.53 bits per heavy atom. The molecule has 1 aromatic carbocycles. The molecule has 0 aromatic heterocycles. The zero-order chi connectivity index (χ0) is 14.3. The molecular weight excluding hydrogens is 252 g/mol. The Bertz CT molecular complexity index is 559. The largest absolute Gasteiger partial charge is 0.462 e. The van der Waals surface area contributed by atoms with Crippen LogP contribution in [0.15, 0.2) is 35.1 Å². The van der Waals surface area contributed by atoms with E-state index in [0.717, 1.165) is 0 Å². The van der Waals surface area contributed by atoms with Gasteiger partial charge in [-0.1, -0.05) is 5.11 Å². The van der Waals surface area contributed by atoms with Gasteiger partial charge in [-0.15, -0.1) is 0 Å². The van der Waals surface area contributed by atoms with Crippen LogP contribution in [0.3, 0.4) is 0 Å². The maximum atomic E-state index is 11.4. The van der Waals surface area contributed by atoms with E-state index in [0.29, 0.717) is 5.56 Å². The Balaban J connectivity index is 3.04. The van der Waals surface area contributed by atoms with Crippen LogP contribution in [0, 0.1) is 10.1 Å². The second-order valence-electron chi connectivity index (χ2n) is 3.29. The molecule has 0 amide bonds. The molecule has 8 nitrogen and oxygen atoms in total. The number of nitro groups is 1. The number of azide groups is 1. The average molecular weight is 262 g/mol. The molecule has 0 N–H and O–H groups in total. The highest BCUT2D eigenvalue weighted by Gasteiger charge is 2.09. The molecule has 0 aliphatic heterocycles. The number of hydrogen-bond acceptors (Lipinski definition) is 5. The third-order valence-electron chi connectivity index (χ3n) is 2.04. The van der Waals surface area contributed by atoms with Gasteiger partial charge in [-0.05, 0) is 36.2 Å². The molecule has 0 aliphatic carbocycles. The molecule has 98 valence electrons. The number of benzene rings is 1. The van der Waals surface area contributed by atoms with Crippen LogP contribution in [0.2, 0.25) is 0 Å². The lowest BCUT2D eigenvalue weighted by Gasteiger charge is -2.01. The van der Waals surface area contributed by atoms with Crippen molar-refractivity contribution in [3.63, 3.8) is 0 Å². The third kappa shape index (κ3) is 4.14. The average Bonchev–Trinajstić information content (AvgIpc) is 2.39. The number of nitrogens with zero attached hydrogens (tertiary/aromatic N) is 4. The molecule has 8 heteroatoms. The maximum Gasteiger partial charge on any atom is 0.340 e. The molecule has 0 bridgehead atoms. The molecule has 0 spiro atoms. The number of carbonyl (C=O) groups excluding carboxylic acids is 1. The molecule has 0 fully saturated rings. The first-order valence-electron chi connectivity index (χ1n) is 5.27. The van der Waals surface area contributed by atoms with Gasteiger partial charge in [0.2, 0.25) is 0 Å². The SMILES string of the molecule is CCOC(=O)C(=Cc1ccc([N+](=O)[O-])cc1)N=[N+]=[N-].